The van der Waals surface area contributed by atoms with E-state index in [0.29, 0.717) is 57.6 Å². The molecule has 0 aliphatic heterocycles. The zero-order valence-corrected chi connectivity index (χ0v) is 31.8. The number of aromatic nitrogens is 9. The van der Waals surface area contributed by atoms with Crippen LogP contribution in [0.5, 0.6) is 0 Å². The molecule has 5 heterocycles. The molecule has 5 aromatic carbocycles. The lowest BCUT2D eigenvalue weighted by atomic mass is 9.86. The van der Waals surface area contributed by atoms with Crippen molar-refractivity contribution in [3.8, 4) is 97.0 Å². The van der Waals surface area contributed by atoms with Crippen molar-refractivity contribution < 1.29 is 0 Å². The number of pyridine rings is 3. The van der Waals surface area contributed by atoms with Gasteiger partial charge in [0, 0.05) is 46.2 Å². The molecule has 10 heteroatoms. The van der Waals surface area contributed by atoms with Crippen molar-refractivity contribution in [3.63, 3.8) is 0 Å². The lowest BCUT2D eigenvalue weighted by Gasteiger charge is -2.16. The van der Waals surface area contributed by atoms with Gasteiger partial charge < -0.3 is 0 Å². The molecule has 0 bridgehead atoms. The van der Waals surface area contributed by atoms with Gasteiger partial charge >= 0.3 is 0 Å². The zero-order chi connectivity index (χ0) is 40.3. The Balaban J connectivity index is 1.07. The number of nitriles is 1. The van der Waals surface area contributed by atoms with Crippen LogP contribution in [0.2, 0.25) is 0 Å². The first-order valence-corrected chi connectivity index (χ1v) is 19.2. The Morgan fingerprint density at radius 3 is 1.23 bits per heavy atom. The molecule has 0 radical (unpaired) electrons. The highest BCUT2D eigenvalue weighted by Crippen LogP contribution is 2.40. The van der Waals surface area contributed by atoms with Crippen LogP contribution in [0.1, 0.15) is 5.56 Å². The Morgan fingerprint density at radius 1 is 0.350 bits per heavy atom. The van der Waals surface area contributed by atoms with Crippen LogP contribution >= 0.6 is 0 Å². The Labute approximate surface area is 344 Å². The minimum Gasteiger partial charge on any atom is -0.253 e. The van der Waals surface area contributed by atoms with E-state index in [1.54, 1.807) is 18.6 Å². The van der Waals surface area contributed by atoms with Gasteiger partial charge in [0.25, 0.3) is 0 Å². The summed E-state index contributed by atoms with van der Waals surface area (Å²) in [6, 6.07) is 55.5. The van der Waals surface area contributed by atoms with Crippen molar-refractivity contribution in [3.05, 3.63) is 188 Å². The molecule has 10 aromatic rings. The molecule has 280 valence electrons. The van der Waals surface area contributed by atoms with Crippen molar-refractivity contribution >= 4 is 10.8 Å². The molecule has 10 rings (SSSR count). The van der Waals surface area contributed by atoms with E-state index in [1.165, 1.54) is 0 Å². The summed E-state index contributed by atoms with van der Waals surface area (Å²) in [5.41, 5.74) is 8.49. The summed E-state index contributed by atoms with van der Waals surface area (Å²) < 4.78 is 0. The molecule has 0 atom stereocenters. The van der Waals surface area contributed by atoms with Gasteiger partial charge in [-0.05, 0) is 64.5 Å². The summed E-state index contributed by atoms with van der Waals surface area (Å²) in [6.45, 7) is 0. The Kier molecular flexibility index (Phi) is 9.34. The second kappa shape index (κ2) is 15.7. The van der Waals surface area contributed by atoms with Crippen LogP contribution in [-0.2, 0) is 0 Å². The fourth-order valence-corrected chi connectivity index (χ4v) is 7.13. The summed E-state index contributed by atoms with van der Waals surface area (Å²) in [5.74, 6) is 2.94. The molecule has 0 aliphatic rings. The molecule has 10 nitrogen and oxygen atoms in total. The lowest BCUT2D eigenvalue weighted by molar-refractivity contribution is 1.05. The van der Waals surface area contributed by atoms with Gasteiger partial charge in [0.1, 0.15) is 23.2 Å². The molecule has 0 unspecified atom stereocenters. The maximum Gasteiger partial charge on any atom is 0.182 e. The van der Waals surface area contributed by atoms with E-state index < -0.39 is 0 Å². The molecule has 5 aromatic heterocycles. The highest BCUT2D eigenvalue weighted by molar-refractivity contribution is 6.02. The lowest BCUT2D eigenvalue weighted by Crippen LogP contribution is -2.01. The normalized spacial score (nSPS) is 11.0. The maximum absolute atomic E-state index is 10.8. The number of rotatable bonds is 8. The van der Waals surface area contributed by atoms with E-state index >= 15 is 0 Å². The highest BCUT2D eigenvalue weighted by Gasteiger charge is 2.19. The van der Waals surface area contributed by atoms with Gasteiger partial charge in [-0.25, -0.2) is 29.9 Å². The van der Waals surface area contributed by atoms with Gasteiger partial charge in [0.05, 0.1) is 5.56 Å². The molecular weight excluding hydrogens is 741 g/mol. The predicted molar refractivity (Wildman–Crippen MR) is 232 cm³/mol. The molecular formula is C50H30N10. The average Bonchev–Trinajstić information content (AvgIpc) is 3.34. The molecule has 0 saturated carbocycles. The van der Waals surface area contributed by atoms with E-state index in [0.717, 1.165) is 49.7 Å². The number of nitrogens with zero attached hydrogens (tertiary/aromatic N) is 10. The minimum absolute atomic E-state index is 0.450. The van der Waals surface area contributed by atoms with Crippen molar-refractivity contribution in [1.29, 1.82) is 5.26 Å². The van der Waals surface area contributed by atoms with E-state index in [-0.39, 0.29) is 0 Å². The third-order valence-electron chi connectivity index (χ3n) is 10.0. The van der Waals surface area contributed by atoms with Gasteiger partial charge in [-0.1, -0.05) is 121 Å². The monoisotopic (exact) mass is 770 g/mol. The van der Waals surface area contributed by atoms with Crippen LogP contribution in [0.3, 0.4) is 0 Å². The number of hydrogen-bond acceptors (Lipinski definition) is 10. The topological polar surface area (TPSA) is 140 Å². The fraction of sp³-hybridized carbons (Fsp3) is 0. The molecule has 0 saturated heterocycles. The number of hydrogen-bond donors (Lipinski definition) is 0. The van der Waals surface area contributed by atoms with Crippen molar-refractivity contribution in [2.24, 2.45) is 0 Å². The van der Waals surface area contributed by atoms with E-state index in [4.69, 9.17) is 29.9 Å². The minimum atomic E-state index is 0.450. The second-order valence-corrected chi connectivity index (χ2v) is 13.8. The van der Waals surface area contributed by atoms with Crippen LogP contribution in [0, 0.1) is 11.3 Å². The summed E-state index contributed by atoms with van der Waals surface area (Å²) >= 11 is 0. The third-order valence-corrected chi connectivity index (χ3v) is 10.0. The first-order chi connectivity index (χ1) is 29.7. The largest absolute Gasteiger partial charge is 0.253 e. The second-order valence-electron chi connectivity index (χ2n) is 13.8. The Morgan fingerprint density at radius 2 is 0.750 bits per heavy atom. The van der Waals surface area contributed by atoms with Gasteiger partial charge in [-0.3, -0.25) is 15.0 Å². The molecule has 60 heavy (non-hydrogen) atoms. The molecule has 0 fully saturated rings. The Hall–Kier alpha value is -8.68. The van der Waals surface area contributed by atoms with Crippen LogP contribution in [-0.4, -0.2) is 44.9 Å². The van der Waals surface area contributed by atoms with Crippen molar-refractivity contribution in [1.82, 2.24) is 44.9 Å². The van der Waals surface area contributed by atoms with Crippen LogP contribution in [0.25, 0.3) is 102 Å². The molecule has 0 spiro atoms. The average molecular weight is 771 g/mol. The van der Waals surface area contributed by atoms with Gasteiger partial charge in [0.15, 0.2) is 34.9 Å². The third kappa shape index (κ3) is 6.99. The van der Waals surface area contributed by atoms with Gasteiger partial charge in [0.2, 0.25) is 0 Å². The summed E-state index contributed by atoms with van der Waals surface area (Å²) in [5, 5.41) is 12.6. The highest BCUT2D eigenvalue weighted by atomic mass is 15.1. The first-order valence-electron chi connectivity index (χ1n) is 19.2. The van der Waals surface area contributed by atoms with Gasteiger partial charge in [-0.2, -0.15) is 5.26 Å². The fourth-order valence-electron chi connectivity index (χ4n) is 7.13. The molecule has 0 aliphatic carbocycles. The van der Waals surface area contributed by atoms with Crippen molar-refractivity contribution in [2.45, 2.75) is 0 Å². The number of fused-ring (bicyclic) bond motifs is 1. The number of benzene rings is 5. The molecule has 0 N–H and O–H groups in total. The quantitative estimate of drug-likeness (QED) is 0.147. The summed E-state index contributed by atoms with van der Waals surface area (Å²) in [6.07, 6.45) is 5.15. The van der Waals surface area contributed by atoms with Crippen LogP contribution < -0.4 is 0 Å². The Bertz CT molecular complexity index is 3060. The maximum atomic E-state index is 10.8. The van der Waals surface area contributed by atoms with E-state index in [9.17, 15) is 5.26 Å². The SMILES string of the molecule is N#Cc1c(-c2ccc(-c3nc(-c4ccccc4)nc(-c4ccccn4)n3)cc2)c(-c2ccc(-c3nc(-c4ccccn4)nc(-c4ccccn4)n3)cc2)cc2ccccc12. The molecule has 0 amide bonds. The smallest absolute Gasteiger partial charge is 0.182 e. The standard InChI is InChI=1S/C50H30N10/c51-31-40-38-15-5-4-14-37(38)30-39(32-19-23-35(24-20-32)47-58-49(42-17-7-10-28-53-42)60-50(59-47)43-18-8-11-29-54-43)44(40)33-21-25-36(26-22-33)46-55-45(34-12-2-1-3-13-34)56-48(57-46)41-16-6-9-27-52-41/h1-30H. The first kappa shape index (κ1) is 35.7. The zero-order valence-electron chi connectivity index (χ0n) is 31.8. The van der Waals surface area contributed by atoms with Crippen molar-refractivity contribution in [2.75, 3.05) is 0 Å². The predicted octanol–water partition coefficient (Wildman–Crippen LogP) is 10.6. The van der Waals surface area contributed by atoms with Crippen LogP contribution in [0.4, 0.5) is 0 Å². The summed E-state index contributed by atoms with van der Waals surface area (Å²) in [4.78, 5) is 42.5. The van der Waals surface area contributed by atoms with Crippen LogP contribution in [0.15, 0.2) is 182 Å². The summed E-state index contributed by atoms with van der Waals surface area (Å²) in [7, 11) is 0. The van der Waals surface area contributed by atoms with Gasteiger partial charge in [-0.15, -0.1) is 0 Å². The van der Waals surface area contributed by atoms with E-state index in [2.05, 4.69) is 27.1 Å². The van der Waals surface area contributed by atoms with E-state index in [1.807, 2.05) is 158 Å².